The van der Waals surface area contributed by atoms with Crippen LogP contribution in [0.5, 0.6) is 0 Å². The molecule has 0 saturated carbocycles. The summed E-state index contributed by atoms with van der Waals surface area (Å²) in [5, 5.41) is 10.9. The third-order valence-electron chi connectivity index (χ3n) is 6.88. The van der Waals surface area contributed by atoms with Gasteiger partial charge in [0.15, 0.2) is 0 Å². The Hall–Kier alpha value is -4.86. The van der Waals surface area contributed by atoms with Crippen LogP contribution in [0.25, 0.3) is 16.9 Å². The monoisotopic (exact) mass is 530 g/mol. The number of carbonyl (C=O) groups is 2. The van der Waals surface area contributed by atoms with Gasteiger partial charge in [-0.2, -0.15) is 0 Å². The molecule has 4 aromatic rings. The number of nitro groups is 1. The first kappa shape index (κ1) is 25.8. The number of halogens is 2. The molecule has 0 bridgehead atoms. The molecular weight excluding hydrogens is 506 g/mol. The number of benzene rings is 3. The molecule has 1 aliphatic rings. The number of hydrogen-bond donors (Lipinski definition) is 0. The molecule has 2 amide bonds. The van der Waals surface area contributed by atoms with E-state index in [0.29, 0.717) is 35.6 Å². The molecule has 1 aromatic heterocycles. The molecule has 3 aromatic carbocycles. The Morgan fingerprint density at radius 2 is 1.44 bits per heavy atom. The fourth-order valence-electron chi connectivity index (χ4n) is 4.81. The number of carbonyl (C=O) groups excluding carboxylic acids is 2. The van der Waals surface area contributed by atoms with Crippen LogP contribution in [0.2, 0.25) is 0 Å². The highest BCUT2D eigenvalue weighted by atomic mass is 19.1. The largest absolute Gasteiger partial charge is 0.335 e. The molecular formula is C29H24F2N4O4. The number of non-ortho nitro benzene ring substituents is 1. The maximum Gasteiger partial charge on any atom is 0.269 e. The number of nitrogens with zero attached hydrogens (tertiary/aromatic N) is 4. The summed E-state index contributed by atoms with van der Waals surface area (Å²) >= 11 is 0. The van der Waals surface area contributed by atoms with E-state index in [1.54, 1.807) is 27.4 Å². The zero-order valence-electron chi connectivity index (χ0n) is 21.0. The molecule has 10 heteroatoms. The van der Waals surface area contributed by atoms with E-state index in [-0.39, 0.29) is 36.3 Å². The maximum absolute atomic E-state index is 14.9. The third-order valence-corrected chi connectivity index (χ3v) is 6.88. The smallest absolute Gasteiger partial charge is 0.269 e. The van der Waals surface area contributed by atoms with Crippen LogP contribution in [0.1, 0.15) is 26.4 Å². The zero-order valence-corrected chi connectivity index (χ0v) is 21.0. The first-order chi connectivity index (χ1) is 18.7. The minimum atomic E-state index is -0.747. The van der Waals surface area contributed by atoms with Gasteiger partial charge in [-0.3, -0.25) is 19.7 Å². The Morgan fingerprint density at radius 1 is 0.821 bits per heavy atom. The van der Waals surface area contributed by atoms with Crippen LogP contribution in [-0.2, 0) is 0 Å². The predicted octanol–water partition coefficient (Wildman–Crippen LogP) is 5.24. The minimum absolute atomic E-state index is 0.0975. The van der Waals surface area contributed by atoms with Crippen molar-refractivity contribution < 1.29 is 23.3 Å². The molecule has 39 heavy (non-hydrogen) atoms. The Morgan fingerprint density at radius 3 is 2.03 bits per heavy atom. The van der Waals surface area contributed by atoms with E-state index in [1.807, 2.05) is 30.3 Å². The zero-order chi connectivity index (χ0) is 27.7. The van der Waals surface area contributed by atoms with Crippen LogP contribution < -0.4 is 0 Å². The van der Waals surface area contributed by atoms with Gasteiger partial charge >= 0.3 is 0 Å². The van der Waals surface area contributed by atoms with E-state index in [1.165, 1.54) is 36.4 Å². The topological polar surface area (TPSA) is 88.7 Å². The Kier molecular flexibility index (Phi) is 6.93. The quantitative estimate of drug-likeness (QED) is 0.261. The van der Waals surface area contributed by atoms with Crippen molar-refractivity contribution in [3.63, 3.8) is 0 Å². The standard InChI is InChI=1S/C29H24F2N4O4/c1-19-24(18-27(20-5-3-2-4-6-20)34(19)26-12-9-22(30)17-25(26)31)29(37)33-15-13-32(14-16-33)28(36)21-7-10-23(11-8-21)35(38)39/h2-12,17-18H,13-16H2,1H3. The summed E-state index contributed by atoms with van der Waals surface area (Å²) in [6.45, 7) is 2.87. The van der Waals surface area contributed by atoms with Gasteiger partial charge in [-0.05, 0) is 42.8 Å². The summed E-state index contributed by atoms with van der Waals surface area (Å²) in [6, 6.07) is 19.7. The van der Waals surface area contributed by atoms with Crippen molar-refractivity contribution in [3.8, 4) is 16.9 Å². The van der Waals surface area contributed by atoms with Gasteiger partial charge in [0.1, 0.15) is 11.6 Å². The summed E-state index contributed by atoms with van der Waals surface area (Å²) in [5.74, 6) is -1.96. The molecule has 8 nitrogen and oxygen atoms in total. The number of aromatic nitrogens is 1. The fraction of sp³-hybridized carbons (Fsp3) is 0.172. The molecule has 0 aliphatic carbocycles. The highest BCUT2D eigenvalue weighted by molar-refractivity contribution is 5.98. The Labute approximate surface area is 222 Å². The summed E-state index contributed by atoms with van der Waals surface area (Å²) in [7, 11) is 0. The van der Waals surface area contributed by atoms with Gasteiger partial charge in [-0.15, -0.1) is 0 Å². The molecule has 0 N–H and O–H groups in total. The summed E-state index contributed by atoms with van der Waals surface area (Å²) in [4.78, 5) is 40.1. The van der Waals surface area contributed by atoms with Gasteiger partial charge in [-0.25, -0.2) is 8.78 Å². The molecule has 1 aliphatic heterocycles. The lowest BCUT2D eigenvalue weighted by Crippen LogP contribution is -2.50. The summed E-state index contributed by atoms with van der Waals surface area (Å²) in [5.41, 5.74) is 2.62. The van der Waals surface area contributed by atoms with Gasteiger partial charge in [0.2, 0.25) is 0 Å². The van der Waals surface area contributed by atoms with E-state index in [0.717, 1.165) is 11.6 Å². The number of nitro benzene ring substituents is 1. The Bertz CT molecular complexity index is 1560. The van der Waals surface area contributed by atoms with Gasteiger partial charge in [0.25, 0.3) is 17.5 Å². The van der Waals surface area contributed by atoms with E-state index in [9.17, 15) is 28.5 Å². The van der Waals surface area contributed by atoms with Crippen LogP contribution in [0.15, 0.2) is 78.9 Å². The second-order valence-corrected chi connectivity index (χ2v) is 9.21. The second-order valence-electron chi connectivity index (χ2n) is 9.21. The average molecular weight is 531 g/mol. The van der Waals surface area contributed by atoms with Crippen LogP contribution in [0.4, 0.5) is 14.5 Å². The molecule has 0 spiro atoms. The van der Waals surface area contributed by atoms with Crippen molar-refractivity contribution in [1.82, 2.24) is 14.4 Å². The molecule has 2 heterocycles. The highest BCUT2D eigenvalue weighted by Gasteiger charge is 2.29. The van der Waals surface area contributed by atoms with Crippen molar-refractivity contribution in [2.75, 3.05) is 26.2 Å². The molecule has 0 unspecified atom stereocenters. The van der Waals surface area contributed by atoms with Crippen LogP contribution in [0, 0.1) is 28.7 Å². The van der Waals surface area contributed by atoms with Gasteiger partial charge in [0, 0.05) is 55.6 Å². The van der Waals surface area contributed by atoms with Crippen molar-refractivity contribution in [2.24, 2.45) is 0 Å². The van der Waals surface area contributed by atoms with Gasteiger partial charge in [0.05, 0.1) is 21.9 Å². The molecule has 5 rings (SSSR count). The van der Waals surface area contributed by atoms with Crippen LogP contribution in [0.3, 0.4) is 0 Å². The number of hydrogen-bond acceptors (Lipinski definition) is 4. The van der Waals surface area contributed by atoms with Crippen LogP contribution in [-0.4, -0.2) is 57.3 Å². The Balaban J connectivity index is 1.39. The van der Waals surface area contributed by atoms with Gasteiger partial charge < -0.3 is 14.4 Å². The number of piperazine rings is 1. The lowest BCUT2D eigenvalue weighted by molar-refractivity contribution is -0.384. The summed E-state index contributed by atoms with van der Waals surface area (Å²) < 4.78 is 30.1. The summed E-state index contributed by atoms with van der Waals surface area (Å²) in [6.07, 6.45) is 0. The van der Waals surface area contributed by atoms with Crippen molar-refractivity contribution in [3.05, 3.63) is 117 Å². The second kappa shape index (κ2) is 10.5. The van der Waals surface area contributed by atoms with E-state index in [2.05, 4.69) is 0 Å². The maximum atomic E-state index is 14.9. The normalized spacial score (nSPS) is 13.4. The molecule has 198 valence electrons. The highest BCUT2D eigenvalue weighted by Crippen LogP contribution is 2.31. The van der Waals surface area contributed by atoms with E-state index < -0.39 is 16.6 Å². The molecule has 1 fully saturated rings. The van der Waals surface area contributed by atoms with E-state index >= 15 is 0 Å². The third kappa shape index (κ3) is 5.00. The minimum Gasteiger partial charge on any atom is -0.335 e. The van der Waals surface area contributed by atoms with Crippen LogP contribution >= 0.6 is 0 Å². The van der Waals surface area contributed by atoms with Crippen molar-refractivity contribution in [1.29, 1.82) is 0 Å². The van der Waals surface area contributed by atoms with E-state index in [4.69, 9.17) is 0 Å². The van der Waals surface area contributed by atoms with Crippen molar-refractivity contribution in [2.45, 2.75) is 6.92 Å². The van der Waals surface area contributed by atoms with Gasteiger partial charge in [-0.1, -0.05) is 30.3 Å². The number of amides is 2. The first-order valence-electron chi connectivity index (χ1n) is 12.3. The molecule has 1 saturated heterocycles. The fourth-order valence-corrected chi connectivity index (χ4v) is 4.81. The average Bonchev–Trinajstić information content (AvgIpc) is 3.29. The van der Waals surface area contributed by atoms with Crippen molar-refractivity contribution >= 4 is 17.5 Å². The lowest BCUT2D eigenvalue weighted by Gasteiger charge is -2.34. The molecule has 0 atom stereocenters. The number of rotatable bonds is 5. The first-order valence-corrected chi connectivity index (χ1v) is 12.3. The predicted molar refractivity (Wildman–Crippen MR) is 141 cm³/mol. The molecule has 0 radical (unpaired) electrons. The SMILES string of the molecule is Cc1c(C(=O)N2CCN(C(=O)c3ccc([N+](=O)[O-])cc3)CC2)cc(-c2ccccc2)n1-c1ccc(F)cc1F. The lowest BCUT2D eigenvalue weighted by atomic mass is 10.1.